The molecule has 0 radical (unpaired) electrons. The predicted octanol–water partition coefficient (Wildman–Crippen LogP) is 9.67. The van der Waals surface area contributed by atoms with E-state index in [9.17, 15) is 29.7 Å². The number of carbonyl (C=O) groups is 3. The largest absolute Gasteiger partial charge is 0.571 e. The molecule has 0 aliphatic carbocycles. The highest BCUT2D eigenvalue weighted by molar-refractivity contribution is 6.15. The number of aromatic nitrogens is 2. The Kier molecular flexibility index (Phi) is 13.9. The van der Waals surface area contributed by atoms with E-state index in [1.54, 1.807) is 72.8 Å². The van der Waals surface area contributed by atoms with Crippen LogP contribution in [0.3, 0.4) is 0 Å². The van der Waals surface area contributed by atoms with Crippen molar-refractivity contribution >= 4 is 17.9 Å². The Morgan fingerprint density at radius 3 is 1.27 bits per heavy atom. The number of ether oxygens (including phenoxy) is 4. The fourth-order valence-electron chi connectivity index (χ4n) is 8.14. The number of benzene rings is 6. The average molecular weight is 968 g/mol. The van der Waals surface area contributed by atoms with Crippen LogP contribution in [0.15, 0.2) is 254 Å². The highest BCUT2D eigenvalue weighted by Gasteiger charge is 2.43. The van der Waals surface area contributed by atoms with Crippen LogP contribution < -0.4 is 14.2 Å². The minimum atomic E-state index is -1.52. The van der Waals surface area contributed by atoms with Crippen molar-refractivity contribution in [2.24, 2.45) is 0 Å². The Balaban J connectivity index is 0.000000181. The summed E-state index contributed by atoms with van der Waals surface area (Å²) in [5.41, 5.74) is 8.15. The van der Waals surface area contributed by atoms with E-state index in [4.69, 9.17) is 18.9 Å². The van der Waals surface area contributed by atoms with Gasteiger partial charge in [-0.25, -0.2) is 14.4 Å². The third-order valence-corrected chi connectivity index (χ3v) is 12.1. The van der Waals surface area contributed by atoms with Gasteiger partial charge in [-0.05, 0) is 53.5 Å². The molecule has 2 N–H and O–H groups in total. The first-order valence-corrected chi connectivity index (χ1v) is 23.1. The van der Waals surface area contributed by atoms with Crippen molar-refractivity contribution in [2.45, 2.75) is 25.4 Å². The van der Waals surface area contributed by atoms with Gasteiger partial charge < -0.3 is 34.3 Å². The molecule has 2 aliphatic heterocycles. The van der Waals surface area contributed by atoms with Crippen LogP contribution in [0, 0.1) is 0 Å². The second kappa shape index (κ2) is 21.0. The maximum Gasteiger partial charge on any atom is 0.349 e. The van der Waals surface area contributed by atoms with Crippen LogP contribution in [0.4, 0.5) is 0 Å². The number of phenolic OH excluding ortho intramolecular Hbond substituents is 2. The van der Waals surface area contributed by atoms with Gasteiger partial charge in [-0.15, -0.1) is 0 Å². The molecule has 6 aromatic carbocycles. The quantitative estimate of drug-likeness (QED) is 0.0444. The second-order valence-electron chi connectivity index (χ2n) is 17.0. The molecule has 0 amide bonds. The first-order valence-electron chi connectivity index (χ1n) is 23.1. The zero-order valence-electron chi connectivity index (χ0n) is 39.6. The number of cyclic esters (lactones) is 3. The van der Waals surface area contributed by atoms with Crippen molar-refractivity contribution in [1.29, 1.82) is 0 Å². The molecule has 360 valence electrons. The van der Waals surface area contributed by atoms with Gasteiger partial charge in [0.25, 0.3) is 5.79 Å². The van der Waals surface area contributed by atoms with Gasteiger partial charge in [-0.3, -0.25) is 0 Å². The monoisotopic (exact) mass is 967 g/mol. The van der Waals surface area contributed by atoms with E-state index in [-0.39, 0.29) is 22.6 Å². The molecule has 0 saturated carbocycles. The predicted molar refractivity (Wildman–Crippen MR) is 269 cm³/mol. The van der Waals surface area contributed by atoms with E-state index in [1.807, 2.05) is 119 Å². The molecule has 2 aromatic heterocycles. The van der Waals surface area contributed by atoms with Gasteiger partial charge in [0.05, 0.1) is 11.5 Å². The number of hydrogen-bond acceptors (Lipinski definition) is 10. The number of rotatable bonds is 10. The van der Waals surface area contributed by atoms with Crippen molar-refractivity contribution in [3.63, 3.8) is 0 Å². The summed E-state index contributed by atoms with van der Waals surface area (Å²) in [4.78, 5) is 37.2. The van der Waals surface area contributed by atoms with E-state index in [0.717, 1.165) is 44.8 Å². The van der Waals surface area contributed by atoms with Crippen LogP contribution in [0.5, 0.6) is 11.5 Å². The number of esters is 3. The van der Waals surface area contributed by atoms with Crippen LogP contribution in [0.2, 0.25) is 0 Å². The van der Waals surface area contributed by atoms with Gasteiger partial charge in [0, 0.05) is 77.7 Å². The van der Waals surface area contributed by atoms with Gasteiger partial charge in [-0.1, -0.05) is 140 Å². The molecule has 1 unspecified atom stereocenters. The third kappa shape index (κ3) is 10.8. The molecule has 8 aromatic rings. The molecule has 0 bridgehead atoms. The van der Waals surface area contributed by atoms with Crippen LogP contribution in [0.1, 0.15) is 25.0 Å². The zero-order chi connectivity index (χ0) is 51.0. The minimum absolute atomic E-state index is 0.263. The fraction of sp³-hybridized carbons (Fsp3) is 0.0656. The number of hydrogen-bond donors (Lipinski definition) is 2. The average Bonchev–Trinajstić information content (AvgIpc) is 3.41. The van der Waals surface area contributed by atoms with Crippen LogP contribution in [-0.4, -0.2) is 28.1 Å². The van der Waals surface area contributed by atoms with Gasteiger partial charge >= 0.3 is 17.9 Å². The van der Waals surface area contributed by atoms with E-state index in [0.29, 0.717) is 11.1 Å². The molecule has 12 nitrogen and oxygen atoms in total. The molecular formula is C61H47N2O10+. The van der Waals surface area contributed by atoms with Crippen molar-refractivity contribution < 1.29 is 57.8 Å². The van der Waals surface area contributed by atoms with Crippen LogP contribution >= 0.6 is 0 Å². The maximum atomic E-state index is 12.4. The molecule has 4 heterocycles. The Bertz CT molecular complexity index is 3280. The highest BCUT2D eigenvalue weighted by atomic mass is 16.8. The molecule has 1 fully saturated rings. The first-order chi connectivity index (χ1) is 35.4. The summed E-state index contributed by atoms with van der Waals surface area (Å²) in [6.45, 7) is 2.96. The number of pyridine rings is 2. The summed E-state index contributed by atoms with van der Waals surface area (Å²) in [6, 6.07) is 56.7. The molecule has 12 heteroatoms. The van der Waals surface area contributed by atoms with Crippen molar-refractivity contribution in [2.75, 3.05) is 0 Å². The number of phenols is 2. The lowest BCUT2D eigenvalue weighted by Gasteiger charge is -2.41. The van der Waals surface area contributed by atoms with Crippen molar-refractivity contribution in [3.05, 3.63) is 265 Å². The number of carbonyl (C=O) groups excluding carboxylic acids is 3. The lowest BCUT2D eigenvalue weighted by Crippen LogP contribution is -2.42. The highest BCUT2D eigenvalue weighted by Crippen LogP contribution is 2.36. The second-order valence-corrected chi connectivity index (χ2v) is 17.0. The summed E-state index contributed by atoms with van der Waals surface area (Å²) in [6.07, 6.45) is 14.7. The Morgan fingerprint density at radius 1 is 0.452 bits per heavy atom. The van der Waals surface area contributed by atoms with Gasteiger partial charge in [0.1, 0.15) is 17.1 Å². The SMILES string of the molecule is CC1(c2ccccc2)OC(=O)C(=C/C=C/C=C/C2=C([O-])OC(C)(c3ccccc3)OC2=O)C(=O)O1.Oc1ccc(-[n+]2ccc(-c3cc[n+](-c4ccc(O)c(-c5ccccc5)c4)cc3)cc2)cc1-c1ccccc1. The Morgan fingerprint density at radius 2 is 0.849 bits per heavy atom. The fourth-order valence-corrected chi connectivity index (χ4v) is 8.14. The number of nitrogens with zero attached hydrogens (tertiary/aromatic N) is 2. The summed E-state index contributed by atoms with van der Waals surface area (Å²) in [5, 5.41) is 33.2. The lowest BCUT2D eigenvalue weighted by atomic mass is 10.0. The number of aromatic hydroxyl groups is 2. The van der Waals surface area contributed by atoms with E-state index < -0.39 is 35.4 Å². The van der Waals surface area contributed by atoms with Gasteiger partial charge in [0.15, 0.2) is 30.6 Å². The standard InChI is InChI=1S/C34H24N2O2.C27H22O8/c37-33-13-11-29(23-31(33)27-7-3-1-4-8-27)35-19-15-25(16-20-35)26-17-21-36(22-18-26)30-12-14-34(38)32(24-30)28-9-5-2-6-10-28;1-26(18-12-6-3-7-13-18)32-22(28)20(23(29)33-26)16-10-5-11-17-21-24(30)34-27(2,35-25(21)31)19-14-8-4-9-15-19/h1-24H;3-17,28H,1-2H3/p+1/b;11-5+,16-10+,21-17?. The first kappa shape index (κ1) is 48.2. The van der Waals surface area contributed by atoms with Crippen molar-refractivity contribution in [3.8, 4) is 56.3 Å². The van der Waals surface area contributed by atoms with E-state index in [2.05, 4.69) is 24.3 Å². The topological polar surface area (TPSA) is 159 Å². The molecule has 10 rings (SSSR count). The minimum Gasteiger partial charge on any atom is -0.571 e. The summed E-state index contributed by atoms with van der Waals surface area (Å²) >= 11 is 0. The van der Waals surface area contributed by atoms with Crippen molar-refractivity contribution in [1.82, 2.24) is 0 Å². The van der Waals surface area contributed by atoms with Gasteiger partial charge in [0.2, 0.25) is 11.4 Å². The number of allylic oxidation sites excluding steroid dienone is 4. The maximum absolute atomic E-state index is 12.4. The van der Waals surface area contributed by atoms with Crippen LogP contribution in [0.25, 0.3) is 44.8 Å². The van der Waals surface area contributed by atoms with E-state index >= 15 is 0 Å². The third-order valence-electron chi connectivity index (χ3n) is 12.1. The Labute approximate surface area is 421 Å². The summed E-state index contributed by atoms with van der Waals surface area (Å²) in [7, 11) is 0. The molecule has 2 aliphatic rings. The summed E-state index contributed by atoms with van der Waals surface area (Å²) in [5.74, 6) is -5.87. The van der Waals surface area contributed by atoms with E-state index in [1.165, 1.54) is 44.2 Å². The lowest BCUT2D eigenvalue weighted by molar-refractivity contribution is -0.596. The molecule has 73 heavy (non-hydrogen) atoms. The summed E-state index contributed by atoms with van der Waals surface area (Å²) < 4.78 is 25.5. The molecule has 1 atom stereocenters. The van der Waals surface area contributed by atoms with Gasteiger partial charge in [-0.2, -0.15) is 9.13 Å². The molecular weight excluding hydrogens is 921 g/mol. The molecule has 0 spiro atoms. The molecule has 1 saturated heterocycles. The van der Waals surface area contributed by atoms with Crippen LogP contribution in [-0.2, 0) is 44.9 Å². The normalized spacial score (nSPS) is 17.5. The Hall–Kier alpha value is -9.81. The zero-order valence-corrected chi connectivity index (χ0v) is 39.6. The smallest absolute Gasteiger partial charge is 0.349 e.